The Balaban J connectivity index is 1.64. The van der Waals surface area contributed by atoms with Crippen LogP contribution in [-0.4, -0.2) is 0 Å². The van der Waals surface area contributed by atoms with Crippen LogP contribution in [0.1, 0.15) is 61.1 Å². The van der Waals surface area contributed by atoms with Gasteiger partial charge in [-0.1, -0.05) is 47.3 Å². The molecule has 0 amide bonds. The summed E-state index contributed by atoms with van der Waals surface area (Å²) in [5.41, 5.74) is 10.6. The molecule has 7 rings (SSSR count). The van der Waals surface area contributed by atoms with E-state index in [2.05, 4.69) is 98.2 Å². The lowest BCUT2D eigenvalue weighted by Gasteiger charge is -2.15. The number of hydrogen-bond acceptors (Lipinski definition) is 0. The SMILES string of the molecule is CC#Cc1c2cc3cc4c(cc3cc2c(C#CC)c2cc3cc5c(cc3cc12)C=C(C)C5)CC(C)=C4. The summed E-state index contributed by atoms with van der Waals surface area (Å²) in [4.78, 5) is 0. The summed E-state index contributed by atoms with van der Waals surface area (Å²) in [5.74, 6) is 13.4. The molecule has 0 fully saturated rings. The van der Waals surface area contributed by atoms with Gasteiger partial charge in [-0.2, -0.15) is 0 Å². The molecule has 36 heavy (non-hydrogen) atoms. The highest BCUT2D eigenvalue weighted by molar-refractivity contribution is 6.16. The number of rotatable bonds is 0. The van der Waals surface area contributed by atoms with Crippen molar-refractivity contribution >= 4 is 55.2 Å². The van der Waals surface area contributed by atoms with Crippen molar-refractivity contribution in [2.75, 3.05) is 0 Å². The quantitative estimate of drug-likeness (QED) is 0.160. The molecule has 0 heteroatoms. The van der Waals surface area contributed by atoms with Crippen LogP contribution in [0.15, 0.2) is 59.7 Å². The molecular formula is C36H26. The Bertz CT molecular complexity index is 1890. The van der Waals surface area contributed by atoms with Crippen LogP contribution in [0.3, 0.4) is 0 Å². The van der Waals surface area contributed by atoms with Gasteiger partial charge in [0.05, 0.1) is 0 Å². The minimum atomic E-state index is 1.04. The van der Waals surface area contributed by atoms with Gasteiger partial charge in [0.2, 0.25) is 0 Å². The van der Waals surface area contributed by atoms with Gasteiger partial charge >= 0.3 is 0 Å². The summed E-state index contributed by atoms with van der Waals surface area (Å²) in [7, 11) is 0. The first kappa shape index (κ1) is 21.1. The third-order valence-corrected chi connectivity index (χ3v) is 7.79. The van der Waals surface area contributed by atoms with E-state index in [0.717, 1.165) is 24.0 Å². The van der Waals surface area contributed by atoms with Crippen LogP contribution in [0.25, 0.3) is 55.2 Å². The summed E-state index contributed by atoms with van der Waals surface area (Å²) in [6, 6.07) is 18.8. The molecule has 5 aromatic rings. The third-order valence-electron chi connectivity index (χ3n) is 7.79. The van der Waals surface area contributed by atoms with Gasteiger partial charge < -0.3 is 0 Å². The van der Waals surface area contributed by atoms with Gasteiger partial charge in [0, 0.05) is 11.1 Å². The zero-order chi connectivity index (χ0) is 24.6. The van der Waals surface area contributed by atoms with Crippen LogP contribution in [0.5, 0.6) is 0 Å². The molecule has 0 heterocycles. The molecule has 0 nitrogen and oxygen atoms in total. The van der Waals surface area contributed by atoms with Gasteiger partial charge in [-0.25, -0.2) is 0 Å². The standard InChI is InChI=1S/C36H26/c1-5-7-31-33-17-27-13-23-9-21(3)11-25(23)15-29(27)19-35(33)32(8-6-2)36-20-30-16-26-12-22(4)10-24(26)14-28(30)18-34(31)36/h9-10,13-20H,11-12H2,1-4H3. The van der Waals surface area contributed by atoms with Crippen LogP contribution in [-0.2, 0) is 12.8 Å². The fourth-order valence-corrected chi connectivity index (χ4v) is 6.27. The lowest BCUT2D eigenvalue weighted by atomic mass is 9.87. The van der Waals surface area contributed by atoms with E-state index < -0.39 is 0 Å². The summed E-state index contributed by atoms with van der Waals surface area (Å²) in [6.07, 6.45) is 6.72. The largest absolute Gasteiger partial charge is 0.101 e. The topological polar surface area (TPSA) is 0 Å². The number of hydrogen-bond donors (Lipinski definition) is 0. The predicted octanol–water partition coefficient (Wildman–Crippen LogP) is 8.96. The van der Waals surface area contributed by atoms with Crippen molar-refractivity contribution in [3.63, 3.8) is 0 Å². The average Bonchev–Trinajstić information content (AvgIpc) is 3.40. The monoisotopic (exact) mass is 458 g/mol. The van der Waals surface area contributed by atoms with Gasteiger partial charge in [-0.3, -0.25) is 0 Å². The normalized spacial score (nSPS) is 13.8. The van der Waals surface area contributed by atoms with Crippen LogP contribution >= 0.6 is 0 Å². The van der Waals surface area contributed by atoms with Crippen molar-refractivity contribution in [1.29, 1.82) is 0 Å². The zero-order valence-corrected chi connectivity index (χ0v) is 21.2. The Morgan fingerprint density at radius 3 is 1.22 bits per heavy atom. The van der Waals surface area contributed by atoms with Gasteiger partial charge in [-0.15, -0.1) is 11.8 Å². The fourth-order valence-electron chi connectivity index (χ4n) is 6.27. The molecule has 0 saturated carbocycles. The minimum Gasteiger partial charge on any atom is -0.101 e. The highest BCUT2D eigenvalue weighted by Crippen LogP contribution is 2.39. The van der Waals surface area contributed by atoms with E-state index in [9.17, 15) is 0 Å². The second kappa shape index (κ2) is 7.62. The number of benzene rings is 5. The maximum atomic E-state index is 3.49. The van der Waals surface area contributed by atoms with Gasteiger partial charge in [0.15, 0.2) is 0 Å². The predicted molar refractivity (Wildman–Crippen MR) is 156 cm³/mol. The van der Waals surface area contributed by atoms with Crippen molar-refractivity contribution in [3.8, 4) is 23.7 Å². The van der Waals surface area contributed by atoms with Crippen molar-refractivity contribution in [3.05, 3.63) is 93.1 Å². The Kier molecular flexibility index (Phi) is 4.46. The summed E-state index contributed by atoms with van der Waals surface area (Å²) in [5, 5.41) is 9.86. The smallest absolute Gasteiger partial charge is 0.0403 e. The molecule has 2 aliphatic rings. The highest BCUT2D eigenvalue weighted by atomic mass is 14.2. The van der Waals surface area contributed by atoms with Gasteiger partial charge in [-0.05, 0) is 142 Å². The molecule has 0 aliphatic heterocycles. The maximum absolute atomic E-state index is 3.49. The third kappa shape index (κ3) is 3.05. The molecule has 170 valence electrons. The molecule has 0 unspecified atom stereocenters. The van der Waals surface area contributed by atoms with Crippen LogP contribution in [0, 0.1) is 23.7 Å². The Labute approximate surface area is 212 Å². The summed E-state index contributed by atoms with van der Waals surface area (Å²) in [6.45, 7) is 8.30. The summed E-state index contributed by atoms with van der Waals surface area (Å²) < 4.78 is 0. The van der Waals surface area contributed by atoms with E-state index in [1.807, 2.05) is 13.8 Å². The molecule has 5 aromatic carbocycles. The van der Waals surface area contributed by atoms with E-state index >= 15 is 0 Å². The van der Waals surface area contributed by atoms with Crippen LogP contribution in [0.2, 0.25) is 0 Å². The van der Waals surface area contributed by atoms with E-state index in [1.54, 1.807) is 0 Å². The number of fused-ring (bicyclic) bond motifs is 6. The molecule has 0 atom stereocenters. The van der Waals surface area contributed by atoms with Crippen LogP contribution < -0.4 is 0 Å². The Morgan fingerprint density at radius 1 is 0.500 bits per heavy atom. The molecule has 0 radical (unpaired) electrons. The lowest BCUT2D eigenvalue weighted by Crippen LogP contribution is -1.93. The average molecular weight is 459 g/mol. The second-order valence-electron chi connectivity index (χ2n) is 10.4. The molecule has 0 N–H and O–H groups in total. The molecular weight excluding hydrogens is 432 g/mol. The first-order valence-electron chi connectivity index (χ1n) is 12.7. The van der Waals surface area contributed by atoms with Crippen molar-refractivity contribution in [1.82, 2.24) is 0 Å². The summed E-state index contributed by atoms with van der Waals surface area (Å²) >= 11 is 0. The first-order chi connectivity index (χ1) is 17.5. The Morgan fingerprint density at radius 2 is 0.861 bits per heavy atom. The fraction of sp³-hybridized carbons (Fsp3) is 0.167. The van der Waals surface area contributed by atoms with E-state index in [0.29, 0.717) is 0 Å². The van der Waals surface area contributed by atoms with Crippen LogP contribution in [0.4, 0.5) is 0 Å². The van der Waals surface area contributed by atoms with Gasteiger partial charge in [0.1, 0.15) is 0 Å². The molecule has 0 spiro atoms. The lowest BCUT2D eigenvalue weighted by molar-refractivity contribution is 1.20. The molecule has 0 bridgehead atoms. The van der Waals surface area contributed by atoms with Gasteiger partial charge in [0.25, 0.3) is 0 Å². The van der Waals surface area contributed by atoms with E-state index in [1.165, 1.54) is 76.5 Å². The van der Waals surface area contributed by atoms with Crippen molar-refractivity contribution in [2.45, 2.75) is 40.5 Å². The molecule has 0 saturated heterocycles. The Hall–Kier alpha value is -4.26. The maximum Gasteiger partial charge on any atom is 0.0403 e. The molecule has 0 aromatic heterocycles. The molecule has 2 aliphatic carbocycles. The first-order valence-corrected chi connectivity index (χ1v) is 12.7. The van der Waals surface area contributed by atoms with Crippen molar-refractivity contribution in [2.24, 2.45) is 0 Å². The second-order valence-corrected chi connectivity index (χ2v) is 10.4. The highest BCUT2D eigenvalue weighted by Gasteiger charge is 2.18. The van der Waals surface area contributed by atoms with E-state index in [-0.39, 0.29) is 0 Å². The van der Waals surface area contributed by atoms with E-state index in [4.69, 9.17) is 0 Å². The van der Waals surface area contributed by atoms with Crippen molar-refractivity contribution < 1.29 is 0 Å². The zero-order valence-electron chi connectivity index (χ0n) is 21.2. The number of allylic oxidation sites excluding steroid dienone is 2. The minimum absolute atomic E-state index is 1.04.